The minimum Gasteiger partial charge on any atom is -0.496 e. The number of aryl methyl sites for hydroxylation is 1. The summed E-state index contributed by atoms with van der Waals surface area (Å²) in [7, 11) is 1.73. The van der Waals surface area contributed by atoms with Crippen LogP contribution in [0.15, 0.2) is 54.9 Å². The lowest BCUT2D eigenvalue weighted by Gasteiger charge is -2.36. The molecular weight excluding hydrogens is 600 g/mol. The van der Waals surface area contributed by atoms with Gasteiger partial charge in [0.25, 0.3) is 0 Å². The zero-order chi connectivity index (χ0) is 34.0. The van der Waals surface area contributed by atoms with Crippen LogP contribution >= 0.6 is 0 Å². The summed E-state index contributed by atoms with van der Waals surface area (Å²) in [6.45, 7) is 9.93. The quantitative estimate of drug-likeness (QED) is 0.177. The summed E-state index contributed by atoms with van der Waals surface area (Å²) in [5.74, 6) is 2.03. The smallest absolute Gasteiger partial charge is 0.246 e. The molecule has 0 unspecified atom stereocenters. The zero-order valence-corrected chi connectivity index (χ0v) is 29.7. The predicted octanol–water partition coefficient (Wildman–Crippen LogP) is 8.25. The van der Waals surface area contributed by atoms with Crippen molar-refractivity contribution in [1.29, 1.82) is 0 Å². The SMILES string of the molecule is CCCCOCC(=O)NC1CCC(C(=O)N(CC2CCC(c3ccc(OC)c(C)c3)CC2)c2cccc(-c3cnn(C(C)C)c3)c2)CC1. The highest BCUT2D eigenvalue weighted by molar-refractivity contribution is 5.95. The first-order chi connectivity index (χ1) is 23.2. The first-order valence-electron chi connectivity index (χ1n) is 18.2. The minimum atomic E-state index is -0.0551. The molecule has 2 aliphatic rings. The number of carbonyl (C=O) groups excluding carboxylic acids is 2. The van der Waals surface area contributed by atoms with Crippen LogP contribution in [0.2, 0.25) is 0 Å². The molecule has 0 bridgehead atoms. The number of methoxy groups -OCH3 is 1. The third-order valence-corrected chi connectivity index (χ3v) is 10.4. The Balaban J connectivity index is 1.27. The van der Waals surface area contributed by atoms with Gasteiger partial charge < -0.3 is 19.7 Å². The van der Waals surface area contributed by atoms with E-state index in [1.807, 2.05) is 10.9 Å². The van der Waals surface area contributed by atoms with E-state index >= 15 is 0 Å². The van der Waals surface area contributed by atoms with E-state index in [4.69, 9.17) is 9.47 Å². The van der Waals surface area contributed by atoms with Gasteiger partial charge in [0, 0.05) is 48.6 Å². The summed E-state index contributed by atoms with van der Waals surface area (Å²) >= 11 is 0. The van der Waals surface area contributed by atoms with Gasteiger partial charge >= 0.3 is 0 Å². The van der Waals surface area contributed by atoms with Gasteiger partial charge in [-0.3, -0.25) is 14.3 Å². The highest BCUT2D eigenvalue weighted by Crippen LogP contribution is 2.39. The molecule has 48 heavy (non-hydrogen) atoms. The van der Waals surface area contributed by atoms with E-state index in [9.17, 15) is 9.59 Å². The van der Waals surface area contributed by atoms with Gasteiger partial charge in [-0.15, -0.1) is 0 Å². The predicted molar refractivity (Wildman–Crippen MR) is 192 cm³/mol. The fourth-order valence-electron chi connectivity index (χ4n) is 7.42. The Kier molecular flexibility index (Phi) is 12.7. The van der Waals surface area contributed by atoms with Crippen LogP contribution in [0.25, 0.3) is 11.1 Å². The van der Waals surface area contributed by atoms with E-state index in [1.165, 1.54) is 11.1 Å². The number of hydrogen-bond acceptors (Lipinski definition) is 5. The molecule has 1 heterocycles. The third-order valence-electron chi connectivity index (χ3n) is 10.4. The normalized spacial score (nSPS) is 21.2. The number of nitrogens with one attached hydrogen (secondary N) is 1. The van der Waals surface area contributed by atoms with Crippen LogP contribution in [-0.2, 0) is 14.3 Å². The van der Waals surface area contributed by atoms with Crippen LogP contribution < -0.4 is 15.0 Å². The van der Waals surface area contributed by atoms with Gasteiger partial charge in [0.15, 0.2) is 0 Å². The molecule has 2 aromatic carbocycles. The van der Waals surface area contributed by atoms with Crippen LogP contribution in [0.1, 0.15) is 108 Å². The number of nitrogens with zero attached hydrogens (tertiary/aromatic N) is 3. The number of rotatable bonds is 14. The second-order valence-corrected chi connectivity index (χ2v) is 14.3. The van der Waals surface area contributed by atoms with Crippen molar-refractivity contribution in [2.45, 2.75) is 110 Å². The number of aromatic nitrogens is 2. The monoisotopic (exact) mass is 656 g/mol. The molecule has 8 heteroatoms. The van der Waals surface area contributed by atoms with Crippen molar-refractivity contribution in [3.05, 3.63) is 66.0 Å². The van der Waals surface area contributed by atoms with E-state index in [1.54, 1.807) is 7.11 Å². The van der Waals surface area contributed by atoms with Crippen molar-refractivity contribution in [2.75, 3.05) is 31.8 Å². The number of amides is 2. The Morgan fingerprint density at radius 1 is 1.00 bits per heavy atom. The summed E-state index contributed by atoms with van der Waals surface area (Å²) in [6.07, 6.45) is 13.6. The van der Waals surface area contributed by atoms with E-state index in [-0.39, 0.29) is 36.4 Å². The van der Waals surface area contributed by atoms with Crippen molar-refractivity contribution >= 4 is 17.5 Å². The zero-order valence-electron chi connectivity index (χ0n) is 29.7. The standard InChI is InChI=1S/C40H56N4O4/c1-6-7-21-48-27-39(45)42-36-18-15-32(16-19-36)40(46)43(37-10-8-9-33(23-37)35-24-41-44(26-35)28(2)3)25-30-11-13-31(14-12-30)34-17-20-38(47-5)29(4)22-34/h8-10,17,20,22-24,26,28,30-32,36H,6-7,11-16,18-19,21,25,27H2,1-5H3,(H,42,45). The lowest BCUT2D eigenvalue weighted by Crippen LogP contribution is -2.44. The van der Waals surface area contributed by atoms with Crippen molar-refractivity contribution in [1.82, 2.24) is 15.1 Å². The molecule has 3 aromatic rings. The maximum absolute atomic E-state index is 14.4. The molecule has 8 nitrogen and oxygen atoms in total. The van der Waals surface area contributed by atoms with Crippen LogP contribution in [0, 0.1) is 18.8 Å². The maximum atomic E-state index is 14.4. The lowest BCUT2D eigenvalue weighted by molar-refractivity contribution is -0.127. The number of hydrogen-bond donors (Lipinski definition) is 1. The first kappa shape index (κ1) is 35.7. The van der Waals surface area contributed by atoms with Crippen molar-refractivity contribution in [3.63, 3.8) is 0 Å². The van der Waals surface area contributed by atoms with Gasteiger partial charge in [-0.1, -0.05) is 37.6 Å². The number of ether oxygens (including phenoxy) is 2. The molecule has 0 spiro atoms. The number of benzene rings is 2. The van der Waals surface area contributed by atoms with Gasteiger partial charge in [0.2, 0.25) is 11.8 Å². The fraction of sp³-hybridized carbons (Fsp3) is 0.575. The van der Waals surface area contributed by atoms with Gasteiger partial charge in [-0.05, 0) is 125 Å². The first-order valence-corrected chi connectivity index (χ1v) is 18.2. The molecule has 2 fully saturated rings. The molecule has 0 radical (unpaired) electrons. The number of unbranched alkanes of at least 4 members (excludes halogenated alkanes) is 1. The largest absolute Gasteiger partial charge is 0.496 e. The third kappa shape index (κ3) is 9.28. The van der Waals surface area contributed by atoms with Gasteiger partial charge in [0.05, 0.1) is 13.3 Å². The van der Waals surface area contributed by atoms with E-state index in [2.05, 4.69) is 91.7 Å². The topological polar surface area (TPSA) is 85.7 Å². The van der Waals surface area contributed by atoms with E-state index in [0.717, 1.165) is 93.3 Å². The Hall–Kier alpha value is -3.65. The Morgan fingerprint density at radius 2 is 1.77 bits per heavy atom. The number of anilines is 1. The molecule has 1 N–H and O–H groups in total. The molecule has 2 saturated carbocycles. The van der Waals surface area contributed by atoms with Gasteiger partial charge in [-0.2, -0.15) is 5.10 Å². The van der Waals surface area contributed by atoms with Crippen molar-refractivity contribution < 1.29 is 19.1 Å². The van der Waals surface area contributed by atoms with Crippen molar-refractivity contribution in [2.24, 2.45) is 11.8 Å². The average Bonchev–Trinajstić information content (AvgIpc) is 3.61. The summed E-state index contributed by atoms with van der Waals surface area (Å²) in [5.41, 5.74) is 5.67. The van der Waals surface area contributed by atoms with Gasteiger partial charge in [0.1, 0.15) is 12.4 Å². The Morgan fingerprint density at radius 3 is 2.44 bits per heavy atom. The molecule has 0 aliphatic heterocycles. The molecule has 0 atom stereocenters. The summed E-state index contributed by atoms with van der Waals surface area (Å²) in [6, 6.07) is 15.4. The summed E-state index contributed by atoms with van der Waals surface area (Å²) < 4.78 is 13.0. The Labute approximate surface area is 287 Å². The van der Waals surface area contributed by atoms with Crippen LogP contribution in [-0.4, -0.2) is 54.5 Å². The highest BCUT2D eigenvalue weighted by atomic mass is 16.5. The molecule has 260 valence electrons. The highest BCUT2D eigenvalue weighted by Gasteiger charge is 2.33. The second-order valence-electron chi connectivity index (χ2n) is 14.3. The average molecular weight is 657 g/mol. The maximum Gasteiger partial charge on any atom is 0.246 e. The Bertz CT molecular complexity index is 1480. The molecule has 5 rings (SSSR count). The molecule has 0 saturated heterocycles. The molecule has 2 amide bonds. The summed E-state index contributed by atoms with van der Waals surface area (Å²) in [4.78, 5) is 28.9. The molecule has 1 aromatic heterocycles. The molecule has 2 aliphatic carbocycles. The van der Waals surface area contributed by atoms with Crippen LogP contribution in [0.4, 0.5) is 5.69 Å². The lowest BCUT2D eigenvalue weighted by atomic mass is 9.78. The molecular formula is C40H56N4O4. The fourth-order valence-corrected chi connectivity index (χ4v) is 7.42. The number of carbonyl (C=O) groups is 2. The summed E-state index contributed by atoms with van der Waals surface area (Å²) in [5, 5.41) is 7.70. The van der Waals surface area contributed by atoms with E-state index in [0.29, 0.717) is 18.4 Å². The van der Waals surface area contributed by atoms with Gasteiger partial charge in [-0.25, -0.2) is 0 Å². The second kappa shape index (κ2) is 17.1. The van der Waals surface area contributed by atoms with Crippen LogP contribution in [0.5, 0.6) is 5.75 Å². The van der Waals surface area contributed by atoms with Crippen LogP contribution in [0.3, 0.4) is 0 Å². The van der Waals surface area contributed by atoms with E-state index < -0.39 is 0 Å². The van der Waals surface area contributed by atoms with Crippen molar-refractivity contribution in [3.8, 4) is 16.9 Å². The minimum absolute atomic E-state index is 0.0510.